The molecule has 2 aromatic rings. The Kier molecular flexibility index (Phi) is 4.64. The monoisotopic (exact) mass is 363 g/mol. The van der Waals surface area contributed by atoms with Crippen LogP contribution in [0.2, 0.25) is 5.02 Å². The lowest BCUT2D eigenvalue weighted by Crippen LogP contribution is -2.25. The van der Waals surface area contributed by atoms with Crippen LogP contribution < -0.4 is 5.32 Å². The van der Waals surface area contributed by atoms with Gasteiger partial charge in [0, 0.05) is 19.4 Å². The molecule has 1 atom stereocenters. The van der Waals surface area contributed by atoms with E-state index in [9.17, 15) is 9.59 Å². The summed E-state index contributed by atoms with van der Waals surface area (Å²) in [7, 11) is 0. The summed E-state index contributed by atoms with van der Waals surface area (Å²) in [5, 5.41) is 8.47. The van der Waals surface area contributed by atoms with Gasteiger partial charge in [0.25, 0.3) is 0 Å². The normalized spacial score (nSPS) is 16.9. The van der Waals surface area contributed by atoms with Crippen LogP contribution in [0.4, 0.5) is 0 Å². The molecule has 24 heavy (non-hydrogen) atoms. The molecule has 2 heterocycles. The van der Waals surface area contributed by atoms with E-state index in [0.29, 0.717) is 21.7 Å². The minimum Gasteiger partial charge on any atom is -0.458 e. The van der Waals surface area contributed by atoms with Crippen LogP contribution in [0.5, 0.6) is 0 Å². The van der Waals surface area contributed by atoms with Crippen molar-refractivity contribution in [1.82, 2.24) is 10.3 Å². The van der Waals surface area contributed by atoms with Gasteiger partial charge in [0.15, 0.2) is 10.5 Å². The second-order valence-corrected chi connectivity index (χ2v) is 6.58. The number of benzene rings is 1. The summed E-state index contributed by atoms with van der Waals surface area (Å²) in [5.41, 5.74) is 0.769. The molecule has 0 saturated carbocycles. The van der Waals surface area contributed by atoms with Crippen molar-refractivity contribution in [2.24, 2.45) is 5.10 Å². The van der Waals surface area contributed by atoms with E-state index in [2.05, 4.69) is 10.4 Å². The molecule has 0 spiro atoms. The van der Waals surface area contributed by atoms with Crippen LogP contribution in [-0.4, -0.2) is 22.0 Å². The van der Waals surface area contributed by atoms with Crippen molar-refractivity contribution >= 4 is 40.3 Å². The molecule has 1 N–H and O–H groups in total. The highest BCUT2D eigenvalue weighted by atomic mass is 35.5. The maximum Gasteiger partial charge on any atom is 0.241 e. The minimum atomic E-state index is -0.472. The predicted molar refractivity (Wildman–Crippen MR) is 93.3 cm³/mol. The number of hydrogen-bond acceptors (Lipinski definition) is 5. The molecule has 1 aromatic heterocycles. The summed E-state index contributed by atoms with van der Waals surface area (Å²) >= 11 is 7.43. The van der Waals surface area contributed by atoms with Crippen LogP contribution in [0.3, 0.4) is 0 Å². The second kappa shape index (κ2) is 6.70. The topological polar surface area (TPSA) is 74.9 Å². The molecule has 8 heteroatoms. The fraction of sp³-hybridized carbons (Fsp3) is 0.188. The first-order valence-electron chi connectivity index (χ1n) is 7.13. The molecule has 1 aromatic carbocycles. The maximum absolute atomic E-state index is 11.8. The molecule has 0 fully saturated rings. The lowest BCUT2D eigenvalue weighted by Gasteiger charge is -2.16. The van der Waals surface area contributed by atoms with Crippen LogP contribution in [0, 0.1) is 0 Å². The van der Waals surface area contributed by atoms with Gasteiger partial charge in [-0.2, -0.15) is 0 Å². The van der Waals surface area contributed by atoms with Crippen LogP contribution in [0.1, 0.15) is 25.0 Å². The molecule has 2 amide bonds. The highest BCUT2D eigenvalue weighted by Gasteiger charge is 2.34. The molecule has 6 nitrogen and oxygen atoms in total. The van der Waals surface area contributed by atoms with E-state index >= 15 is 0 Å². The molecular formula is C16H14ClN3O3S. The fourth-order valence-electron chi connectivity index (χ4n) is 2.24. The van der Waals surface area contributed by atoms with E-state index in [4.69, 9.17) is 16.0 Å². The quantitative estimate of drug-likeness (QED) is 0.884. The Morgan fingerprint density at radius 2 is 2.00 bits per heavy atom. The lowest BCUT2D eigenvalue weighted by molar-refractivity contribution is -0.129. The zero-order valence-electron chi connectivity index (χ0n) is 12.9. The SMILES string of the molecule is CC(=O)NC1=NN(C(C)=O)[C@H](c2ccc(-c3ccccc3Cl)o2)S1. The Hall–Kier alpha value is -2.25. The molecule has 1 aliphatic heterocycles. The first-order valence-corrected chi connectivity index (χ1v) is 8.39. The van der Waals surface area contributed by atoms with Crippen molar-refractivity contribution in [3.05, 3.63) is 47.2 Å². The largest absolute Gasteiger partial charge is 0.458 e. The number of amidine groups is 1. The Labute approximate surface area is 147 Å². The van der Waals surface area contributed by atoms with Crippen LogP contribution in [0.15, 0.2) is 45.9 Å². The van der Waals surface area contributed by atoms with Gasteiger partial charge < -0.3 is 9.73 Å². The summed E-state index contributed by atoms with van der Waals surface area (Å²) < 4.78 is 5.88. The summed E-state index contributed by atoms with van der Waals surface area (Å²) in [5.74, 6) is 0.659. The lowest BCUT2D eigenvalue weighted by atomic mass is 10.2. The third kappa shape index (κ3) is 3.32. The Bertz CT molecular complexity index is 833. The van der Waals surface area contributed by atoms with E-state index in [1.807, 2.05) is 18.2 Å². The van der Waals surface area contributed by atoms with Gasteiger partial charge in [-0.3, -0.25) is 9.59 Å². The van der Waals surface area contributed by atoms with Gasteiger partial charge in [-0.1, -0.05) is 35.5 Å². The van der Waals surface area contributed by atoms with E-state index in [-0.39, 0.29) is 11.8 Å². The van der Waals surface area contributed by atoms with Gasteiger partial charge >= 0.3 is 0 Å². The molecule has 124 valence electrons. The highest BCUT2D eigenvalue weighted by molar-refractivity contribution is 8.14. The summed E-state index contributed by atoms with van der Waals surface area (Å²) in [6.45, 7) is 2.79. The standard InChI is InChI=1S/C16H14ClN3O3S/c1-9(21)18-16-19-20(10(2)22)15(24-16)14-8-7-13(23-14)11-5-3-4-6-12(11)17/h3-8,15H,1-2H3,(H,18,19,21)/t15-/m0/s1. The van der Waals surface area contributed by atoms with Crippen LogP contribution in [0.25, 0.3) is 11.3 Å². The number of hydrogen-bond donors (Lipinski definition) is 1. The number of hydrazone groups is 1. The third-order valence-corrected chi connectivity index (χ3v) is 4.65. The molecule has 0 unspecified atom stereocenters. The number of rotatable bonds is 2. The van der Waals surface area contributed by atoms with Gasteiger partial charge in [0.2, 0.25) is 11.8 Å². The van der Waals surface area contributed by atoms with Crippen LogP contribution in [-0.2, 0) is 9.59 Å². The first-order chi connectivity index (χ1) is 11.5. The zero-order valence-corrected chi connectivity index (χ0v) is 14.5. The van der Waals surface area contributed by atoms with Crippen LogP contribution >= 0.6 is 23.4 Å². The number of nitrogens with one attached hydrogen (secondary N) is 1. The van der Waals surface area contributed by atoms with Crippen molar-refractivity contribution in [3.8, 4) is 11.3 Å². The second-order valence-electron chi connectivity index (χ2n) is 5.10. The minimum absolute atomic E-state index is 0.247. The summed E-state index contributed by atoms with van der Waals surface area (Å²) in [4.78, 5) is 23.0. The van der Waals surface area contributed by atoms with Crippen molar-refractivity contribution in [1.29, 1.82) is 0 Å². The Morgan fingerprint density at radius 3 is 2.67 bits per heavy atom. The molecule has 0 aliphatic carbocycles. The molecule has 0 saturated heterocycles. The third-order valence-electron chi connectivity index (χ3n) is 3.26. The summed E-state index contributed by atoms with van der Waals surface area (Å²) in [6.07, 6.45) is 0. The Balaban J connectivity index is 1.88. The molecule has 1 aliphatic rings. The number of furan rings is 1. The Morgan fingerprint density at radius 1 is 1.25 bits per heavy atom. The molecule has 0 bridgehead atoms. The fourth-order valence-corrected chi connectivity index (χ4v) is 3.56. The van der Waals surface area contributed by atoms with Gasteiger partial charge in [0.05, 0.1) is 5.02 Å². The van der Waals surface area contributed by atoms with Gasteiger partial charge in [-0.05, 0) is 24.3 Å². The molecule has 0 radical (unpaired) electrons. The number of carbonyl (C=O) groups excluding carboxylic acids is 2. The van der Waals surface area contributed by atoms with Gasteiger partial charge in [-0.25, -0.2) is 5.01 Å². The van der Waals surface area contributed by atoms with Crippen molar-refractivity contribution in [2.45, 2.75) is 19.2 Å². The van der Waals surface area contributed by atoms with Gasteiger partial charge in [-0.15, -0.1) is 5.10 Å². The average Bonchev–Trinajstić information content (AvgIpc) is 3.13. The van der Waals surface area contributed by atoms with Gasteiger partial charge in [0.1, 0.15) is 11.5 Å². The highest BCUT2D eigenvalue weighted by Crippen LogP contribution is 2.41. The van der Waals surface area contributed by atoms with Crippen molar-refractivity contribution in [3.63, 3.8) is 0 Å². The maximum atomic E-state index is 11.8. The number of thioether (sulfide) groups is 1. The first kappa shape index (κ1) is 16.6. The molecule has 3 rings (SSSR count). The average molecular weight is 364 g/mol. The number of carbonyl (C=O) groups is 2. The molecular weight excluding hydrogens is 350 g/mol. The smallest absolute Gasteiger partial charge is 0.241 e. The van der Waals surface area contributed by atoms with E-state index < -0.39 is 5.37 Å². The van der Waals surface area contributed by atoms with E-state index in [1.165, 1.54) is 30.6 Å². The number of nitrogens with zero attached hydrogens (tertiary/aromatic N) is 2. The zero-order chi connectivity index (χ0) is 17.3. The summed E-state index contributed by atoms with van der Waals surface area (Å²) in [6, 6.07) is 10.9. The number of amides is 2. The van der Waals surface area contributed by atoms with E-state index in [0.717, 1.165) is 5.56 Å². The van der Waals surface area contributed by atoms with Crippen molar-refractivity contribution in [2.75, 3.05) is 0 Å². The number of halogens is 1. The predicted octanol–water partition coefficient (Wildman–Crippen LogP) is 3.60. The van der Waals surface area contributed by atoms with E-state index in [1.54, 1.807) is 18.2 Å². The van der Waals surface area contributed by atoms with Crippen molar-refractivity contribution < 1.29 is 14.0 Å².